The first-order chi connectivity index (χ1) is 10.9. The van der Waals surface area contributed by atoms with Crippen LogP contribution in [-0.4, -0.2) is 25.5 Å². The molecule has 0 heterocycles. The summed E-state index contributed by atoms with van der Waals surface area (Å²) in [5, 5.41) is 0.626. The smallest absolute Gasteiger partial charge is 0.338 e. The van der Waals surface area contributed by atoms with Crippen LogP contribution in [0.15, 0.2) is 36.4 Å². The fraction of sp³-hybridized carbons (Fsp3) is 0.125. The number of carbonyl (C=O) groups is 2. The van der Waals surface area contributed by atoms with Crippen LogP contribution in [0.25, 0.3) is 0 Å². The number of Topliss-reactive ketones (excluding diaryl/α,β-unsaturated/α-hetero) is 1. The van der Waals surface area contributed by atoms with Gasteiger partial charge in [-0.25, -0.2) is 4.79 Å². The number of benzene rings is 2. The van der Waals surface area contributed by atoms with Crippen LogP contribution in [0.1, 0.15) is 20.7 Å². The van der Waals surface area contributed by atoms with Crippen molar-refractivity contribution < 1.29 is 19.1 Å². The van der Waals surface area contributed by atoms with Gasteiger partial charge >= 0.3 is 5.97 Å². The van der Waals surface area contributed by atoms with E-state index < -0.39 is 5.97 Å². The summed E-state index contributed by atoms with van der Waals surface area (Å²) < 4.78 is 10.9. The molecule has 0 radical (unpaired) electrons. The number of esters is 1. The number of hydrogen-bond donors (Lipinski definition) is 0. The Labute approximate surface area is 156 Å². The SMILES string of the molecule is COc1ccc(C(=O)OCC(=O)c2ccc(Cl)c(Cl)c2)cc1I. The summed E-state index contributed by atoms with van der Waals surface area (Å²) >= 11 is 13.7. The van der Waals surface area contributed by atoms with Gasteiger partial charge in [-0.1, -0.05) is 23.2 Å². The minimum absolute atomic E-state index is 0.272. The molecule has 0 amide bonds. The number of halogens is 3. The van der Waals surface area contributed by atoms with Crippen molar-refractivity contribution >= 4 is 57.5 Å². The molecule has 0 unspecified atom stereocenters. The summed E-state index contributed by atoms with van der Waals surface area (Å²) in [4.78, 5) is 24.0. The Morgan fingerprint density at radius 2 is 1.74 bits per heavy atom. The fourth-order valence-electron chi connectivity index (χ4n) is 1.76. The summed E-state index contributed by atoms with van der Waals surface area (Å²) in [6, 6.07) is 9.36. The van der Waals surface area contributed by atoms with Crippen LogP contribution in [0.5, 0.6) is 5.75 Å². The molecule has 7 heteroatoms. The molecule has 2 rings (SSSR count). The van der Waals surface area contributed by atoms with E-state index in [1.54, 1.807) is 25.3 Å². The predicted molar refractivity (Wildman–Crippen MR) is 96.8 cm³/mol. The van der Waals surface area contributed by atoms with Gasteiger partial charge in [0.15, 0.2) is 12.4 Å². The number of carbonyl (C=O) groups excluding carboxylic acids is 2. The molecule has 0 aromatic heterocycles. The zero-order chi connectivity index (χ0) is 17.0. The molecule has 0 saturated heterocycles. The van der Waals surface area contributed by atoms with Gasteiger partial charge in [0.25, 0.3) is 0 Å². The lowest BCUT2D eigenvalue weighted by Gasteiger charge is -2.07. The quantitative estimate of drug-likeness (QED) is 0.367. The number of rotatable bonds is 5. The average molecular weight is 465 g/mol. The Morgan fingerprint density at radius 3 is 2.35 bits per heavy atom. The summed E-state index contributed by atoms with van der Waals surface area (Å²) in [5.41, 5.74) is 0.675. The van der Waals surface area contributed by atoms with E-state index in [2.05, 4.69) is 22.6 Å². The van der Waals surface area contributed by atoms with Gasteiger partial charge in [0.1, 0.15) is 5.75 Å². The zero-order valence-corrected chi connectivity index (χ0v) is 15.6. The van der Waals surface area contributed by atoms with Crippen molar-refractivity contribution in [1.82, 2.24) is 0 Å². The molecule has 0 atom stereocenters. The van der Waals surface area contributed by atoms with Crippen molar-refractivity contribution in [2.24, 2.45) is 0 Å². The van der Waals surface area contributed by atoms with Crippen LogP contribution < -0.4 is 4.74 Å². The van der Waals surface area contributed by atoms with Crippen molar-refractivity contribution in [2.45, 2.75) is 0 Å². The molecule has 4 nitrogen and oxygen atoms in total. The average Bonchev–Trinajstić information content (AvgIpc) is 2.54. The minimum Gasteiger partial charge on any atom is -0.496 e. The molecule has 120 valence electrons. The zero-order valence-electron chi connectivity index (χ0n) is 11.9. The van der Waals surface area contributed by atoms with Crippen LogP contribution in [0, 0.1) is 3.57 Å². The molecule has 0 aliphatic heterocycles. The molecule has 0 aliphatic rings. The number of hydrogen-bond acceptors (Lipinski definition) is 4. The van der Waals surface area contributed by atoms with Crippen molar-refractivity contribution in [3.05, 3.63) is 61.1 Å². The first-order valence-electron chi connectivity index (χ1n) is 6.41. The largest absolute Gasteiger partial charge is 0.496 e. The van der Waals surface area contributed by atoms with Gasteiger partial charge in [0, 0.05) is 5.56 Å². The molecular weight excluding hydrogens is 454 g/mol. The van der Waals surface area contributed by atoms with E-state index in [9.17, 15) is 9.59 Å². The van der Waals surface area contributed by atoms with Crippen molar-refractivity contribution in [1.29, 1.82) is 0 Å². The summed E-state index contributed by atoms with van der Waals surface area (Å²) in [6.07, 6.45) is 0. The van der Waals surface area contributed by atoms with Crippen LogP contribution in [0.4, 0.5) is 0 Å². The Hall–Kier alpha value is -1.31. The lowest BCUT2D eigenvalue weighted by atomic mass is 10.1. The van der Waals surface area contributed by atoms with Crippen LogP contribution in [0.2, 0.25) is 10.0 Å². The first kappa shape index (κ1) is 18.0. The molecule has 2 aromatic rings. The minimum atomic E-state index is -0.584. The second kappa shape index (κ2) is 7.99. The van der Waals surface area contributed by atoms with Gasteiger partial charge in [0.05, 0.1) is 26.3 Å². The molecule has 0 spiro atoms. The Morgan fingerprint density at radius 1 is 1.04 bits per heavy atom. The van der Waals surface area contributed by atoms with E-state index in [1.807, 2.05) is 0 Å². The Kier molecular flexibility index (Phi) is 6.26. The molecule has 0 N–H and O–H groups in total. The maximum Gasteiger partial charge on any atom is 0.338 e. The van der Waals surface area contributed by atoms with Gasteiger partial charge in [-0.15, -0.1) is 0 Å². The predicted octanol–water partition coefficient (Wildman–Crippen LogP) is 4.65. The maximum absolute atomic E-state index is 12.0. The summed E-state index contributed by atoms with van der Waals surface area (Å²) in [6.45, 7) is -0.376. The van der Waals surface area contributed by atoms with Crippen molar-refractivity contribution in [3.8, 4) is 5.75 Å². The Balaban J connectivity index is 2.02. The second-order valence-electron chi connectivity index (χ2n) is 4.48. The normalized spacial score (nSPS) is 10.3. The van der Waals surface area contributed by atoms with Crippen molar-refractivity contribution in [2.75, 3.05) is 13.7 Å². The van der Waals surface area contributed by atoms with Crippen molar-refractivity contribution in [3.63, 3.8) is 0 Å². The van der Waals surface area contributed by atoms with E-state index >= 15 is 0 Å². The standard InChI is InChI=1S/C16H11Cl2IO4/c1-22-15-5-3-10(7-13(15)19)16(21)23-8-14(20)9-2-4-11(17)12(18)6-9/h2-7H,8H2,1H3. The van der Waals surface area contributed by atoms with Gasteiger partial charge in [-0.05, 0) is 59.0 Å². The van der Waals surface area contributed by atoms with Gasteiger partial charge in [0.2, 0.25) is 0 Å². The summed E-state index contributed by atoms with van der Waals surface area (Å²) in [7, 11) is 1.55. The lowest BCUT2D eigenvalue weighted by molar-refractivity contribution is 0.0474. The number of methoxy groups -OCH3 is 1. The number of ketones is 1. The van der Waals surface area contributed by atoms with Gasteiger partial charge < -0.3 is 9.47 Å². The molecule has 0 bridgehead atoms. The fourth-order valence-corrected chi connectivity index (χ4v) is 2.79. The summed E-state index contributed by atoms with van der Waals surface area (Å²) in [5.74, 6) is -0.284. The third-order valence-corrected chi connectivity index (χ3v) is 4.55. The third kappa shape index (κ3) is 4.59. The van der Waals surface area contributed by atoms with E-state index in [-0.39, 0.29) is 17.4 Å². The highest BCUT2D eigenvalue weighted by molar-refractivity contribution is 14.1. The molecule has 23 heavy (non-hydrogen) atoms. The molecular formula is C16H11Cl2IO4. The van der Waals surface area contributed by atoms with E-state index in [4.69, 9.17) is 32.7 Å². The third-order valence-electron chi connectivity index (χ3n) is 2.96. The topological polar surface area (TPSA) is 52.6 Å². The van der Waals surface area contributed by atoms with E-state index in [0.29, 0.717) is 21.9 Å². The van der Waals surface area contributed by atoms with Gasteiger partial charge in [-0.2, -0.15) is 0 Å². The van der Waals surface area contributed by atoms with Crippen LogP contribution >= 0.6 is 45.8 Å². The van der Waals surface area contributed by atoms with E-state index in [0.717, 1.165) is 3.57 Å². The highest BCUT2D eigenvalue weighted by Crippen LogP contribution is 2.23. The van der Waals surface area contributed by atoms with E-state index in [1.165, 1.54) is 18.2 Å². The number of ether oxygens (including phenoxy) is 2. The highest BCUT2D eigenvalue weighted by Gasteiger charge is 2.14. The molecule has 0 fully saturated rings. The second-order valence-corrected chi connectivity index (χ2v) is 6.45. The highest BCUT2D eigenvalue weighted by atomic mass is 127. The van der Waals surface area contributed by atoms with Gasteiger partial charge in [-0.3, -0.25) is 4.79 Å². The molecule has 0 aliphatic carbocycles. The monoisotopic (exact) mass is 464 g/mol. The lowest BCUT2D eigenvalue weighted by Crippen LogP contribution is -2.14. The van der Waals surface area contributed by atoms with Crippen LogP contribution in [0.3, 0.4) is 0 Å². The molecule has 2 aromatic carbocycles. The first-order valence-corrected chi connectivity index (χ1v) is 8.24. The molecule has 0 saturated carbocycles. The Bertz CT molecular complexity index is 762. The van der Waals surface area contributed by atoms with Crippen LogP contribution in [-0.2, 0) is 4.74 Å². The maximum atomic E-state index is 12.0.